The van der Waals surface area contributed by atoms with E-state index in [9.17, 15) is 0 Å². The highest BCUT2D eigenvalue weighted by atomic mass is 15.2. The number of fused-ring (bicyclic) bond motifs is 1. The Bertz CT molecular complexity index is 478. The zero-order chi connectivity index (χ0) is 14.9. The monoisotopic (exact) mass is 287 g/mol. The molecule has 2 heterocycles. The lowest BCUT2D eigenvalue weighted by atomic mass is 9.85. The van der Waals surface area contributed by atoms with Crippen molar-refractivity contribution in [1.29, 1.82) is 0 Å². The van der Waals surface area contributed by atoms with Gasteiger partial charge in [0.2, 0.25) is 0 Å². The van der Waals surface area contributed by atoms with Gasteiger partial charge in [-0.25, -0.2) is 4.98 Å². The average Bonchev–Trinajstić information content (AvgIpc) is 2.88. The van der Waals surface area contributed by atoms with E-state index in [1.165, 1.54) is 50.0 Å². The zero-order valence-corrected chi connectivity index (χ0v) is 13.7. The van der Waals surface area contributed by atoms with E-state index in [-0.39, 0.29) is 5.54 Å². The van der Waals surface area contributed by atoms with Crippen molar-refractivity contribution in [2.45, 2.75) is 71.0 Å². The van der Waals surface area contributed by atoms with Crippen molar-refractivity contribution >= 4 is 5.82 Å². The number of hydrogen-bond donors (Lipinski definition) is 1. The van der Waals surface area contributed by atoms with Gasteiger partial charge in [0, 0.05) is 36.4 Å². The average molecular weight is 287 g/mol. The molecule has 1 aromatic rings. The third-order valence-electron chi connectivity index (χ3n) is 4.96. The molecule has 3 heteroatoms. The number of hydrogen-bond acceptors (Lipinski definition) is 3. The minimum Gasteiger partial charge on any atom is -0.353 e. The summed E-state index contributed by atoms with van der Waals surface area (Å²) in [7, 11) is 0. The number of rotatable bonds is 3. The molecule has 1 aromatic heterocycles. The second kappa shape index (κ2) is 5.96. The van der Waals surface area contributed by atoms with Gasteiger partial charge in [0.1, 0.15) is 5.82 Å². The fourth-order valence-electron chi connectivity index (χ4n) is 3.86. The van der Waals surface area contributed by atoms with Crippen molar-refractivity contribution in [2.75, 3.05) is 11.4 Å². The van der Waals surface area contributed by atoms with Crippen LogP contribution in [-0.4, -0.2) is 23.1 Å². The Hall–Kier alpha value is -1.09. The van der Waals surface area contributed by atoms with Gasteiger partial charge in [-0.3, -0.25) is 0 Å². The molecule has 1 saturated heterocycles. The number of aromatic nitrogens is 1. The molecule has 0 radical (unpaired) electrons. The van der Waals surface area contributed by atoms with Gasteiger partial charge in [-0.1, -0.05) is 18.9 Å². The maximum atomic E-state index is 4.74. The number of nitrogens with one attached hydrogen (secondary N) is 1. The van der Waals surface area contributed by atoms with Gasteiger partial charge >= 0.3 is 0 Å². The topological polar surface area (TPSA) is 28.2 Å². The molecule has 2 atom stereocenters. The van der Waals surface area contributed by atoms with E-state index in [0.29, 0.717) is 0 Å². The lowest BCUT2D eigenvalue weighted by molar-refractivity contribution is 0.341. The molecule has 2 unspecified atom stereocenters. The number of anilines is 1. The highest BCUT2D eigenvalue weighted by Crippen LogP contribution is 2.39. The summed E-state index contributed by atoms with van der Waals surface area (Å²) < 4.78 is 0. The van der Waals surface area contributed by atoms with E-state index < -0.39 is 0 Å². The lowest BCUT2D eigenvalue weighted by Crippen LogP contribution is -2.38. The van der Waals surface area contributed by atoms with Gasteiger partial charge in [0.05, 0.1) is 0 Å². The van der Waals surface area contributed by atoms with Crippen LogP contribution in [-0.2, 0) is 6.54 Å². The molecule has 1 aliphatic carbocycles. The van der Waals surface area contributed by atoms with Gasteiger partial charge in [-0.15, -0.1) is 0 Å². The van der Waals surface area contributed by atoms with Gasteiger partial charge < -0.3 is 10.2 Å². The second-order valence-corrected chi connectivity index (χ2v) is 7.68. The van der Waals surface area contributed by atoms with Crippen LogP contribution in [0.2, 0.25) is 0 Å². The number of pyridine rings is 1. The Balaban J connectivity index is 1.78. The van der Waals surface area contributed by atoms with Gasteiger partial charge in [0.25, 0.3) is 0 Å². The molecule has 3 nitrogen and oxygen atoms in total. The summed E-state index contributed by atoms with van der Waals surface area (Å²) in [6, 6.07) is 5.04. The maximum Gasteiger partial charge on any atom is 0.133 e. The summed E-state index contributed by atoms with van der Waals surface area (Å²) in [5.74, 6) is 2.13. The van der Waals surface area contributed by atoms with Crippen LogP contribution in [0.3, 0.4) is 0 Å². The summed E-state index contributed by atoms with van der Waals surface area (Å²) in [6.07, 6.45) is 8.89. The Morgan fingerprint density at radius 2 is 2.05 bits per heavy atom. The molecular weight excluding hydrogens is 258 g/mol. The smallest absolute Gasteiger partial charge is 0.133 e. The van der Waals surface area contributed by atoms with E-state index in [4.69, 9.17) is 4.98 Å². The van der Waals surface area contributed by atoms with Crippen molar-refractivity contribution in [2.24, 2.45) is 5.92 Å². The summed E-state index contributed by atoms with van der Waals surface area (Å²) in [5, 5.41) is 3.61. The van der Waals surface area contributed by atoms with Gasteiger partial charge in [-0.2, -0.15) is 0 Å². The molecule has 0 amide bonds. The first-order chi connectivity index (χ1) is 10.0. The lowest BCUT2D eigenvalue weighted by Gasteiger charge is -2.33. The van der Waals surface area contributed by atoms with Crippen LogP contribution in [0.25, 0.3) is 0 Å². The maximum absolute atomic E-state index is 4.74. The third-order valence-corrected chi connectivity index (χ3v) is 4.96. The normalized spacial score (nSPS) is 26.0. The fourth-order valence-corrected chi connectivity index (χ4v) is 3.86. The fraction of sp³-hybridized carbons (Fsp3) is 0.722. The first-order valence-corrected chi connectivity index (χ1v) is 8.50. The van der Waals surface area contributed by atoms with Crippen LogP contribution in [0, 0.1) is 5.92 Å². The van der Waals surface area contributed by atoms with Crippen LogP contribution in [0.5, 0.6) is 0 Å². The molecule has 1 aliphatic heterocycles. The highest BCUT2D eigenvalue weighted by molar-refractivity contribution is 5.49. The summed E-state index contributed by atoms with van der Waals surface area (Å²) in [5.41, 5.74) is 1.49. The van der Waals surface area contributed by atoms with Crippen LogP contribution >= 0.6 is 0 Å². The Kier molecular flexibility index (Phi) is 4.21. The minimum absolute atomic E-state index is 0.144. The molecule has 1 N–H and O–H groups in total. The third kappa shape index (κ3) is 3.39. The van der Waals surface area contributed by atoms with Crippen LogP contribution in [0.15, 0.2) is 18.3 Å². The molecule has 0 aromatic carbocycles. The molecule has 21 heavy (non-hydrogen) atoms. The van der Waals surface area contributed by atoms with E-state index in [1.54, 1.807) is 0 Å². The summed E-state index contributed by atoms with van der Waals surface area (Å²) >= 11 is 0. The standard InChI is InChI=1S/C18H29N3/c1-18(2,3)20-13-15-8-6-11-19-17(15)21-12-10-14-7-4-5-9-16(14)21/h6,8,11,14,16,20H,4-5,7,9-10,12-13H2,1-3H3. The predicted molar refractivity (Wildman–Crippen MR) is 88.5 cm³/mol. The Morgan fingerprint density at radius 3 is 2.86 bits per heavy atom. The van der Waals surface area contributed by atoms with E-state index in [1.807, 2.05) is 6.20 Å². The quantitative estimate of drug-likeness (QED) is 0.918. The van der Waals surface area contributed by atoms with E-state index >= 15 is 0 Å². The molecule has 2 aliphatic rings. The molecule has 1 saturated carbocycles. The number of nitrogens with zero attached hydrogens (tertiary/aromatic N) is 2. The highest BCUT2D eigenvalue weighted by Gasteiger charge is 2.36. The second-order valence-electron chi connectivity index (χ2n) is 7.68. The van der Waals surface area contributed by atoms with Crippen molar-refractivity contribution in [3.8, 4) is 0 Å². The van der Waals surface area contributed by atoms with E-state index in [0.717, 1.165) is 18.5 Å². The Labute approximate surface area is 129 Å². The molecule has 0 bridgehead atoms. The molecule has 2 fully saturated rings. The Morgan fingerprint density at radius 1 is 1.24 bits per heavy atom. The van der Waals surface area contributed by atoms with Crippen molar-refractivity contribution < 1.29 is 0 Å². The summed E-state index contributed by atoms with van der Waals surface area (Å²) in [6.45, 7) is 8.75. The van der Waals surface area contributed by atoms with Crippen LogP contribution in [0.1, 0.15) is 58.4 Å². The van der Waals surface area contributed by atoms with Crippen molar-refractivity contribution in [3.63, 3.8) is 0 Å². The molecule has 116 valence electrons. The van der Waals surface area contributed by atoms with Gasteiger partial charge in [-0.05, 0) is 52.0 Å². The van der Waals surface area contributed by atoms with Gasteiger partial charge in [0.15, 0.2) is 0 Å². The molecular formula is C18H29N3. The summed E-state index contributed by atoms with van der Waals surface area (Å²) in [4.78, 5) is 7.34. The van der Waals surface area contributed by atoms with Crippen molar-refractivity contribution in [3.05, 3.63) is 23.9 Å². The first-order valence-electron chi connectivity index (χ1n) is 8.50. The predicted octanol–water partition coefficient (Wildman–Crippen LogP) is 3.74. The van der Waals surface area contributed by atoms with Crippen LogP contribution < -0.4 is 10.2 Å². The SMILES string of the molecule is CC(C)(C)NCc1cccnc1N1CCC2CCCCC21. The van der Waals surface area contributed by atoms with Crippen LogP contribution in [0.4, 0.5) is 5.82 Å². The first kappa shape index (κ1) is 14.8. The minimum atomic E-state index is 0.144. The largest absolute Gasteiger partial charge is 0.353 e. The zero-order valence-electron chi connectivity index (χ0n) is 13.7. The van der Waals surface area contributed by atoms with Crippen molar-refractivity contribution in [1.82, 2.24) is 10.3 Å². The van der Waals surface area contributed by atoms with E-state index in [2.05, 4.69) is 43.1 Å². The molecule has 3 rings (SSSR count). The molecule has 0 spiro atoms.